The van der Waals surface area contributed by atoms with Crippen molar-refractivity contribution in [2.45, 2.75) is 19.5 Å². The first kappa shape index (κ1) is 19.9. The van der Waals surface area contributed by atoms with Crippen molar-refractivity contribution in [1.82, 2.24) is 9.47 Å². The van der Waals surface area contributed by atoms with Crippen LogP contribution in [0.2, 0.25) is 5.02 Å². The maximum atomic E-state index is 13.0. The number of aromatic nitrogens is 1. The van der Waals surface area contributed by atoms with Crippen LogP contribution in [-0.4, -0.2) is 36.0 Å². The van der Waals surface area contributed by atoms with Crippen LogP contribution in [0.5, 0.6) is 5.75 Å². The molecule has 3 rings (SSSR count). The van der Waals surface area contributed by atoms with Gasteiger partial charge in [0.2, 0.25) is 0 Å². The van der Waals surface area contributed by atoms with E-state index in [4.69, 9.17) is 21.6 Å². The first-order chi connectivity index (χ1) is 13.5. The van der Waals surface area contributed by atoms with Gasteiger partial charge in [0.1, 0.15) is 5.75 Å². The summed E-state index contributed by atoms with van der Waals surface area (Å²) in [5.74, 6) is 0.784. The summed E-state index contributed by atoms with van der Waals surface area (Å²) < 4.78 is 7.37. The van der Waals surface area contributed by atoms with Gasteiger partial charge >= 0.3 is 0 Å². The summed E-state index contributed by atoms with van der Waals surface area (Å²) in [5, 5.41) is 10.4. The topological polar surface area (TPSA) is 58.3 Å². The number of carbonyl (C=O) groups is 1. The predicted molar refractivity (Wildman–Crippen MR) is 111 cm³/mol. The second kappa shape index (κ2) is 8.92. The highest BCUT2D eigenvalue weighted by molar-refractivity contribution is 6.30. The highest BCUT2D eigenvalue weighted by Crippen LogP contribution is 2.25. The number of fused-ring (bicyclic) bond motifs is 1. The molecule has 0 saturated heterocycles. The number of Topliss-reactive ketones (excluding diaryl/α,β-unsaturated/α-hetero) is 1. The molecule has 144 valence electrons. The molecular weight excluding hydrogens is 374 g/mol. The number of aryl methyl sites for hydroxylation is 1. The predicted octanol–water partition coefficient (Wildman–Crippen LogP) is 4.53. The molecule has 2 aromatic carbocycles. The van der Waals surface area contributed by atoms with Gasteiger partial charge in [0.15, 0.2) is 5.78 Å². The Balaban J connectivity index is 1.80. The number of hydrogen-bond acceptors (Lipinski definition) is 4. The zero-order valence-corrected chi connectivity index (χ0v) is 16.7. The minimum atomic E-state index is 0.0374. The third-order valence-electron chi connectivity index (χ3n) is 4.65. The number of nitrogens with zero attached hydrogens (tertiary/aromatic N) is 3. The van der Waals surface area contributed by atoms with Gasteiger partial charge < -0.3 is 9.30 Å². The van der Waals surface area contributed by atoms with E-state index in [1.807, 2.05) is 59.1 Å². The number of nitriles is 1. The molecule has 0 aliphatic heterocycles. The van der Waals surface area contributed by atoms with E-state index in [9.17, 15) is 4.79 Å². The van der Waals surface area contributed by atoms with Crippen molar-refractivity contribution >= 4 is 28.3 Å². The van der Waals surface area contributed by atoms with Crippen LogP contribution in [0, 0.1) is 11.3 Å². The Hall–Kier alpha value is -2.81. The number of ether oxygens (including phenoxy) is 1. The smallest absolute Gasteiger partial charge is 0.178 e. The summed E-state index contributed by atoms with van der Waals surface area (Å²) in [6, 6.07) is 15.4. The number of methoxy groups -OCH3 is 1. The van der Waals surface area contributed by atoms with Gasteiger partial charge in [-0.3, -0.25) is 9.69 Å². The lowest BCUT2D eigenvalue weighted by atomic mass is 10.1. The van der Waals surface area contributed by atoms with Crippen molar-refractivity contribution in [2.24, 2.45) is 0 Å². The average molecular weight is 396 g/mol. The quantitative estimate of drug-likeness (QED) is 0.526. The first-order valence-electron chi connectivity index (χ1n) is 9.02. The largest absolute Gasteiger partial charge is 0.496 e. The van der Waals surface area contributed by atoms with E-state index in [1.54, 1.807) is 13.2 Å². The van der Waals surface area contributed by atoms with Gasteiger partial charge in [-0.2, -0.15) is 5.26 Å². The van der Waals surface area contributed by atoms with E-state index in [0.29, 0.717) is 30.1 Å². The molecule has 6 heteroatoms. The maximum absolute atomic E-state index is 13.0. The van der Waals surface area contributed by atoms with Crippen molar-refractivity contribution < 1.29 is 9.53 Å². The molecule has 0 bridgehead atoms. The molecule has 1 aromatic heterocycles. The maximum Gasteiger partial charge on any atom is 0.178 e. The summed E-state index contributed by atoms with van der Waals surface area (Å²) >= 11 is 6.10. The summed E-state index contributed by atoms with van der Waals surface area (Å²) in [4.78, 5) is 14.9. The summed E-state index contributed by atoms with van der Waals surface area (Å²) in [6.07, 6.45) is 2.26. The van der Waals surface area contributed by atoms with Crippen LogP contribution in [0.4, 0.5) is 0 Å². The van der Waals surface area contributed by atoms with E-state index in [1.165, 1.54) is 0 Å². The number of benzene rings is 2. The monoisotopic (exact) mass is 395 g/mol. The van der Waals surface area contributed by atoms with Gasteiger partial charge in [-0.05, 0) is 31.3 Å². The standard InChI is InChI=1S/C22H22ClN3O2/c1-25(13-16-12-17(23)8-9-22(16)28-2)15-21(27)19-14-26(11-5-10-24)20-7-4-3-6-18(19)20/h3-4,6-9,12,14H,5,11,13,15H2,1-2H3. The molecule has 0 fully saturated rings. The van der Waals surface area contributed by atoms with Crippen LogP contribution in [0.1, 0.15) is 22.3 Å². The first-order valence-corrected chi connectivity index (χ1v) is 9.40. The number of hydrogen-bond donors (Lipinski definition) is 0. The Bertz CT molecular complexity index is 1040. The van der Waals surface area contributed by atoms with Crippen molar-refractivity contribution in [1.29, 1.82) is 5.26 Å². The number of carbonyl (C=O) groups excluding carboxylic acids is 1. The van der Waals surface area contributed by atoms with Crippen molar-refractivity contribution in [3.05, 3.63) is 64.8 Å². The SMILES string of the molecule is COc1ccc(Cl)cc1CN(C)CC(=O)c1cn(CCC#N)c2ccccc12. The van der Waals surface area contributed by atoms with Crippen LogP contribution in [-0.2, 0) is 13.1 Å². The highest BCUT2D eigenvalue weighted by atomic mass is 35.5. The molecule has 0 N–H and O–H groups in total. The van der Waals surface area contributed by atoms with Crippen LogP contribution < -0.4 is 4.74 Å². The van der Waals surface area contributed by atoms with E-state index < -0.39 is 0 Å². The molecule has 0 spiro atoms. The fourth-order valence-corrected chi connectivity index (χ4v) is 3.57. The lowest BCUT2D eigenvalue weighted by molar-refractivity contribution is 0.0944. The molecule has 0 radical (unpaired) electrons. The zero-order chi connectivity index (χ0) is 20.1. The lowest BCUT2D eigenvalue weighted by Crippen LogP contribution is -2.25. The third kappa shape index (κ3) is 4.36. The highest BCUT2D eigenvalue weighted by Gasteiger charge is 2.17. The number of rotatable bonds is 8. The zero-order valence-electron chi connectivity index (χ0n) is 16.0. The van der Waals surface area contributed by atoms with Crippen molar-refractivity contribution in [3.8, 4) is 11.8 Å². The number of halogens is 1. The van der Waals surface area contributed by atoms with Crippen LogP contribution in [0.25, 0.3) is 10.9 Å². The molecule has 0 amide bonds. The van der Waals surface area contributed by atoms with E-state index in [0.717, 1.165) is 22.2 Å². The molecule has 5 nitrogen and oxygen atoms in total. The van der Waals surface area contributed by atoms with E-state index >= 15 is 0 Å². The average Bonchev–Trinajstić information content (AvgIpc) is 3.05. The number of ketones is 1. The molecular formula is C22H22ClN3O2. The summed E-state index contributed by atoms with van der Waals surface area (Å²) in [7, 11) is 3.51. The fourth-order valence-electron chi connectivity index (χ4n) is 3.37. The molecule has 0 saturated carbocycles. The Morgan fingerprint density at radius 3 is 2.82 bits per heavy atom. The Kier molecular flexibility index (Phi) is 6.35. The van der Waals surface area contributed by atoms with Gasteiger partial charge in [0.05, 0.1) is 26.1 Å². The number of para-hydroxylation sites is 1. The molecule has 0 unspecified atom stereocenters. The van der Waals surface area contributed by atoms with Gasteiger partial charge in [-0.15, -0.1) is 0 Å². The van der Waals surface area contributed by atoms with E-state index in [-0.39, 0.29) is 12.3 Å². The van der Waals surface area contributed by atoms with Gasteiger partial charge in [0, 0.05) is 46.3 Å². The van der Waals surface area contributed by atoms with Gasteiger partial charge in [-0.1, -0.05) is 29.8 Å². The Labute approximate surface area is 169 Å². The van der Waals surface area contributed by atoms with Crippen molar-refractivity contribution in [3.63, 3.8) is 0 Å². The minimum Gasteiger partial charge on any atom is -0.496 e. The molecule has 28 heavy (non-hydrogen) atoms. The summed E-state index contributed by atoms with van der Waals surface area (Å²) in [5.41, 5.74) is 2.58. The Morgan fingerprint density at radius 1 is 1.29 bits per heavy atom. The Morgan fingerprint density at radius 2 is 2.07 bits per heavy atom. The second-order valence-electron chi connectivity index (χ2n) is 6.71. The lowest BCUT2D eigenvalue weighted by Gasteiger charge is -2.18. The molecule has 1 heterocycles. The molecule has 0 atom stereocenters. The normalized spacial score (nSPS) is 11.0. The molecule has 0 aliphatic carbocycles. The van der Waals surface area contributed by atoms with Gasteiger partial charge in [-0.25, -0.2) is 0 Å². The van der Waals surface area contributed by atoms with Crippen molar-refractivity contribution in [2.75, 3.05) is 20.7 Å². The van der Waals surface area contributed by atoms with Crippen LogP contribution in [0.3, 0.4) is 0 Å². The number of likely N-dealkylation sites (N-methyl/N-ethyl adjacent to an activating group) is 1. The fraction of sp³-hybridized carbons (Fsp3) is 0.273. The third-order valence-corrected chi connectivity index (χ3v) is 4.88. The molecule has 0 aliphatic rings. The van der Waals surface area contributed by atoms with Crippen LogP contribution in [0.15, 0.2) is 48.7 Å². The second-order valence-corrected chi connectivity index (χ2v) is 7.15. The van der Waals surface area contributed by atoms with Gasteiger partial charge in [0.25, 0.3) is 0 Å². The summed E-state index contributed by atoms with van der Waals surface area (Å²) in [6.45, 7) is 1.38. The van der Waals surface area contributed by atoms with E-state index in [2.05, 4.69) is 6.07 Å². The minimum absolute atomic E-state index is 0.0374. The molecule has 3 aromatic rings. The van der Waals surface area contributed by atoms with Crippen LogP contribution >= 0.6 is 11.6 Å².